The first-order chi connectivity index (χ1) is 7.34. The van der Waals surface area contributed by atoms with Crippen LogP contribution in [0.2, 0.25) is 0 Å². The van der Waals surface area contributed by atoms with E-state index in [4.69, 9.17) is 0 Å². The van der Waals surface area contributed by atoms with Gasteiger partial charge >= 0.3 is 0 Å². The number of rotatable bonds is 3. The fourth-order valence-electron chi connectivity index (χ4n) is 1.57. The molecule has 0 radical (unpaired) electrons. The van der Waals surface area contributed by atoms with Gasteiger partial charge in [-0.1, -0.05) is 48.0 Å². The van der Waals surface area contributed by atoms with Crippen LogP contribution in [0.4, 0.5) is 0 Å². The molecule has 0 amide bonds. The molecule has 1 aromatic carbocycles. The molecule has 0 fully saturated rings. The van der Waals surface area contributed by atoms with Crippen molar-refractivity contribution in [3.8, 4) is 0 Å². The van der Waals surface area contributed by atoms with Crippen LogP contribution < -0.4 is 0 Å². The lowest BCUT2D eigenvalue weighted by Crippen LogP contribution is -1.82. The van der Waals surface area contributed by atoms with Gasteiger partial charge in [-0.2, -0.15) is 0 Å². The molecule has 0 atom stereocenters. The van der Waals surface area contributed by atoms with E-state index in [1.165, 1.54) is 16.0 Å². The lowest BCUT2D eigenvalue weighted by Gasteiger charge is -1.99. The van der Waals surface area contributed by atoms with Crippen LogP contribution in [0.25, 0.3) is 6.08 Å². The third-order valence-corrected chi connectivity index (χ3v) is 3.12. The highest BCUT2D eigenvalue weighted by molar-refractivity contribution is 7.09. The molecule has 0 aliphatic rings. The molecule has 0 aliphatic heterocycles. The van der Waals surface area contributed by atoms with Crippen LogP contribution in [-0.2, 0) is 6.42 Å². The molecule has 0 bridgehead atoms. The van der Waals surface area contributed by atoms with Gasteiger partial charge in [-0.25, -0.2) is 0 Å². The Morgan fingerprint density at radius 2 is 1.93 bits per heavy atom. The SMILES string of the molecule is CC(=Cc1ccccc1)Cc1cccs1. The quantitative estimate of drug-likeness (QED) is 0.710. The molecule has 0 saturated carbocycles. The molecule has 1 aromatic heterocycles. The standard InChI is InChI=1S/C14H14S/c1-12(11-14-8-5-9-15-14)10-13-6-3-2-4-7-13/h2-10H,11H2,1H3. The van der Waals surface area contributed by atoms with E-state index in [1.807, 2.05) is 17.4 Å². The fourth-order valence-corrected chi connectivity index (χ4v) is 2.37. The molecule has 0 N–H and O–H groups in total. The lowest BCUT2D eigenvalue weighted by atomic mass is 10.1. The largest absolute Gasteiger partial charge is 0.149 e. The van der Waals surface area contributed by atoms with Crippen LogP contribution in [-0.4, -0.2) is 0 Å². The lowest BCUT2D eigenvalue weighted by molar-refractivity contribution is 1.20. The summed E-state index contributed by atoms with van der Waals surface area (Å²) in [5.41, 5.74) is 2.69. The van der Waals surface area contributed by atoms with E-state index in [0.717, 1.165) is 6.42 Å². The van der Waals surface area contributed by atoms with Crippen molar-refractivity contribution in [2.75, 3.05) is 0 Å². The minimum atomic E-state index is 1.06. The summed E-state index contributed by atoms with van der Waals surface area (Å²) < 4.78 is 0. The van der Waals surface area contributed by atoms with Gasteiger partial charge in [-0.15, -0.1) is 11.3 Å². The van der Waals surface area contributed by atoms with Gasteiger partial charge < -0.3 is 0 Å². The molecule has 0 unspecified atom stereocenters. The van der Waals surface area contributed by atoms with Gasteiger partial charge in [-0.3, -0.25) is 0 Å². The fraction of sp³-hybridized carbons (Fsp3) is 0.143. The van der Waals surface area contributed by atoms with Gasteiger partial charge in [0.1, 0.15) is 0 Å². The molecular weight excluding hydrogens is 200 g/mol. The molecule has 0 aliphatic carbocycles. The van der Waals surface area contributed by atoms with E-state index in [2.05, 4.69) is 54.8 Å². The van der Waals surface area contributed by atoms with Crippen molar-refractivity contribution < 1.29 is 0 Å². The van der Waals surface area contributed by atoms with Crippen LogP contribution in [0.5, 0.6) is 0 Å². The molecule has 0 saturated heterocycles. The predicted molar refractivity (Wildman–Crippen MR) is 68.1 cm³/mol. The highest BCUT2D eigenvalue weighted by atomic mass is 32.1. The van der Waals surface area contributed by atoms with Crippen molar-refractivity contribution in [2.24, 2.45) is 0 Å². The van der Waals surface area contributed by atoms with Gasteiger partial charge in [0.25, 0.3) is 0 Å². The Balaban J connectivity index is 2.08. The maximum atomic E-state index is 2.25. The van der Waals surface area contributed by atoms with Gasteiger partial charge in [0, 0.05) is 11.3 Å². The zero-order chi connectivity index (χ0) is 10.5. The van der Waals surface area contributed by atoms with Crippen molar-refractivity contribution in [3.05, 3.63) is 63.9 Å². The predicted octanol–water partition coefficient (Wildman–Crippen LogP) is 4.39. The highest BCUT2D eigenvalue weighted by Crippen LogP contribution is 2.15. The first-order valence-electron chi connectivity index (χ1n) is 5.09. The molecule has 2 rings (SSSR count). The number of thiophene rings is 1. The molecule has 0 nitrogen and oxygen atoms in total. The number of allylic oxidation sites excluding steroid dienone is 1. The Bertz CT molecular complexity index is 424. The monoisotopic (exact) mass is 214 g/mol. The molecule has 1 heteroatoms. The van der Waals surface area contributed by atoms with E-state index in [9.17, 15) is 0 Å². The van der Waals surface area contributed by atoms with E-state index >= 15 is 0 Å². The Morgan fingerprint density at radius 3 is 2.60 bits per heavy atom. The topological polar surface area (TPSA) is 0 Å². The van der Waals surface area contributed by atoms with Crippen LogP contribution in [0.3, 0.4) is 0 Å². The molecular formula is C14H14S. The molecule has 1 heterocycles. The maximum Gasteiger partial charge on any atom is 0.00856 e. The minimum Gasteiger partial charge on any atom is -0.149 e. The minimum absolute atomic E-state index is 1.06. The third-order valence-electron chi connectivity index (χ3n) is 2.25. The van der Waals surface area contributed by atoms with Gasteiger partial charge in [0.05, 0.1) is 0 Å². The number of benzene rings is 1. The summed E-state index contributed by atoms with van der Waals surface area (Å²) in [7, 11) is 0. The van der Waals surface area contributed by atoms with E-state index in [-0.39, 0.29) is 0 Å². The second kappa shape index (κ2) is 4.94. The average molecular weight is 214 g/mol. The first-order valence-corrected chi connectivity index (χ1v) is 5.97. The molecule has 15 heavy (non-hydrogen) atoms. The van der Waals surface area contributed by atoms with E-state index in [0.29, 0.717) is 0 Å². The molecule has 2 aromatic rings. The van der Waals surface area contributed by atoms with Crippen molar-refractivity contribution in [3.63, 3.8) is 0 Å². The van der Waals surface area contributed by atoms with Crippen molar-refractivity contribution in [2.45, 2.75) is 13.3 Å². The Kier molecular flexibility index (Phi) is 3.36. The van der Waals surface area contributed by atoms with Gasteiger partial charge in [0.15, 0.2) is 0 Å². The van der Waals surface area contributed by atoms with E-state index < -0.39 is 0 Å². The summed E-state index contributed by atoms with van der Waals surface area (Å²) in [6, 6.07) is 14.8. The smallest absolute Gasteiger partial charge is 0.00856 e. The van der Waals surface area contributed by atoms with Crippen LogP contribution >= 0.6 is 11.3 Å². The highest BCUT2D eigenvalue weighted by Gasteiger charge is 1.95. The molecule has 0 spiro atoms. The van der Waals surface area contributed by atoms with Crippen molar-refractivity contribution in [1.82, 2.24) is 0 Å². The second-order valence-corrected chi connectivity index (χ2v) is 4.69. The van der Waals surface area contributed by atoms with Crippen LogP contribution in [0.15, 0.2) is 53.4 Å². The summed E-state index contributed by atoms with van der Waals surface area (Å²) in [6.07, 6.45) is 3.31. The zero-order valence-corrected chi connectivity index (χ0v) is 9.63. The Hall–Kier alpha value is -1.34. The summed E-state index contributed by atoms with van der Waals surface area (Å²) in [5, 5.41) is 2.13. The van der Waals surface area contributed by atoms with Crippen LogP contribution in [0, 0.1) is 0 Å². The summed E-state index contributed by atoms with van der Waals surface area (Å²) in [5.74, 6) is 0. The van der Waals surface area contributed by atoms with Gasteiger partial charge in [0.2, 0.25) is 0 Å². The molecule has 76 valence electrons. The number of hydrogen-bond acceptors (Lipinski definition) is 1. The third kappa shape index (κ3) is 3.07. The number of hydrogen-bond donors (Lipinski definition) is 0. The zero-order valence-electron chi connectivity index (χ0n) is 8.81. The Labute approximate surface area is 94.9 Å². The summed E-state index contributed by atoms with van der Waals surface area (Å²) in [4.78, 5) is 1.43. The summed E-state index contributed by atoms with van der Waals surface area (Å²) >= 11 is 1.82. The average Bonchev–Trinajstić information content (AvgIpc) is 2.71. The normalized spacial score (nSPS) is 11.7. The van der Waals surface area contributed by atoms with Crippen molar-refractivity contribution >= 4 is 17.4 Å². The maximum absolute atomic E-state index is 2.25. The van der Waals surface area contributed by atoms with Crippen LogP contribution in [0.1, 0.15) is 17.4 Å². The van der Waals surface area contributed by atoms with Crippen molar-refractivity contribution in [1.29, 1.82) is 0 Å². The van der Waals surface area contributed by atoms with E-state index in [1.54, 1.807) is 0 Å². The van der Waals surface area contributed by atoms with Gasteiger partial charge in [-0.05, 0) is 23.9 Å². The first kappa shape index (κ1) is 10.2. The summed E-state index contributed by atoms with van der Waals surface area (Å²) in [6.45, 7) is 2.19. The Morgan fingerprint density at radius 1 is 1.13 bits per heavy atom. The second-order valence-electron chi connectivity index (χ2n) is 3.66.